The van der Waals surface area contributed by atoms with Crippen LogP contribution in [0.5, 0.6) is 0 Å². The molecule has 3 heterocycles. The van der Waals surface area contributed by atoms with E-state index in [-0.39, 0.29) is 11.7 Å². The minimum Gasteiger partial charge on any atom is -0.441 e. The first-order chi connectivity index (χ1) is 15.6. The summed E-state index contributed by atoms with van der Waals surface area (Å²) in [6.07, 6.45) is 2.05. The van der Waals surface area contributed by atoms with E-state index in [0.717, 1.165) is 36.5 Å². The van der Waals surface area contributed by atoms with Gasteiger partial charge in [-0.15, -0.1) is 0 Å². The Morgan fingerprint density at radius 1 is 1.09 bits per heavy atom. The minimum atomic E-state index is -0.0224. The van der Waals surface area contributed by atoms with Gasteiger partial charge in [-0.3, -0.25) is 9.36 Å². The van der Waals surface area contributed by atoms with Crippen LogP contribution in [0.25, 0.3) is 22.4 Å². The van der Waals surface area contributed by atoms with Gasteiger partial charge in [-0.1, -0.05) is 41.6 Å². The second-order valence-electron chi connectivity index (χ2n) is 8.14. The molecule has 2 aromatic heterocycles. The lowest BCUT2D eigenvalue weighted by Gasteiger charge is -2.16. The molecular formula is C25H25N3O3S. The number of ether oxygens (including phenoxy) is 1. The van der Waals surface area contributed by atoms with Crippen molar-refractivity contribution >= 4 is 22.7 Å². The zero-order chi connectivity index (χ0) is 22.1. The van der Waals surface area contributed by atoms with Gasteiger partial charge in [-0.25, -0.2) is 9.97 Å². The van der Waals surface area contributed by atoms with Crippen LogP contribution in [0.3, 0.4) is 0 Å². The Morgan fingerprint density at radius 2 is 1.91 bits per heavy atom. The third kappa shape index (κ3) is 4.23. The number of rotatable bonds is 6. The number of hydrogen-bond acceptors (Lipinski definition) is 6. The summed E-state index contributed by atoms with van der Waals surface area (Å²) in [4.78, 5) is 22.8. The zero-order valence-corrected chi connectivity index (χ0v) is 19.0. The fourth-order valence-corrected chi connectivity index (χ4v) is 4.94. The standard InChI is InChI=1S/C25H25N3O3S/c1-16-9-11-18(12-10-16)23-26-22(17(2)31-23)15-32-25-27-21-8-4-3-7-20(21)24(29)28(25)14-19-6-5-13-30-19/h3-4,7-12,19H,5-6,13-15H2,1-2H3. The summed E-state index contributed by atoms with van der Waals surface area (Å²) in [5.41, 5.74) is 3.69. The van der Waals surface area contributed by atoms with Gasteiger partial charge >= 0.3 is 0 Å². The summed E-state index contributed by atoms with van der Waals surface area (Å²) in [5.74, 6) is 1.96. The summed E-state index contributed by atoms with van der Waals surface area (Å²) in [6.45, 7) is 5.25. The van der Waals surface area contributed by atoms with Crippen LogP contribution in [-0.4, -0.2) is 27.2 Å². The molecule has 1 aliphatic rings. The smallest absolute Gasteiger partial charge is 0.262 e. The molecule has 1 unspecified atom stereocenters. The molecule has 2 aromatic carbocycles. The molecule has 1 atom stereocenters. The van der Waals surface area contributed by atoms with E-state index in [2.05, 4.69) is 6.92 Å². The number of fused-ring (bicyclic) bond motifs is 1. The van der Waals surface area contributed by atoms with Gasteiger partial charge in [0.25, 0.3) is 5.56 Å². The van der Waals surface area contributed by atoms with Crippen LogP contribution in [0.2, 0.25) is 0 Å². The van der Waals surface area contributed by atoms with Crippen LogP contribution >= 0.6 is 11.8 Å². The molecule has 0 saturated carbocycles. The molecule has 164 valence electrons. The molecule has 0 bridgehead atoms. The average Bonchev–Trinajstić information content (AvgIpc) is 3.45. The highest BCUT2D eigenvalue weighted by Crippen LogP contribution is 2.28. The van der Waals surface area contributed by atoms with E-state index in [9.17, 15) is 4.79 Å². The Bertz CT molecular complexity index is 1300. The molecule has 1 saturated heterocycles. The van der Waals surface area contributed by atoms with Gasteiger partial charge in [-0.2, -0.15) is 0 Å². The lowest BCUT2D eigenvalue weighted by atomic mass is 10.1. The van der Waals surface area contributed by atoms with Crippen molar-refractivity contribution in [1.29, 1.82) is 0 Å². The van der Waals surface area contributed by atoms with E-state index < -0.39 is 0 Å². The van der Waals surface area contributed by atoms with Gasteiger partial charge in [0, 0.05) is 17.9 Å². The van der Waals surface area contributed by atoms with Crippen molar-refractivity contribution in [2.75, 3.05) is 6.61 Å². The molecule has 1 aliphatic heterocycles. The van der Waals surface area contributed by atoms with Crippen molar-refractivity contribution in [3.05, 3.63) is 75.9 Å². The Hall–Kier alpha value is -2.90. The minimum absolute atomic E-state index is 0.0224. The lowest BCUT2D eigenvalue weighted by molar-refractivity contribution is 0.0937. The molecule has 0 radical (unpaired) electrons. The van der Waals surface area contributed by atoms with E-state index in [4.69, 9.17) is 19.1 Å². The number of para-hydroxylation sites is 1. The maximum absolute atomic E-state index is 13.3. The average molecular weight is 448 g/mol. The Morgan fingerprint density at radius 3 is 2.69 bits per heavy atom. The maximum atomic E-state index is 13.3. The van der Waals surface area contributed by atoms with E-state index in [1.54, 1.807) is 4.57 Å². The van der Waals surface area contributed by atoms with Crippen molar-refractivity contribution in [3.8, 4) is 11.5 Å². The van der Waals surface area contributed by atoms with Crippen LogP contribution < -0.4 is 5.56 Å². The van der Waals surface area contributed by atoms with Gasteiger partial charge in [0.2, 0.25) is 5.89 Å². The van der Waals surface area contributed by atoms with E-state index in [1.165, 1.54) is 17.3 Å². The predicted molar refractivity (Wildman–Crippen MR) is 126 cm³/mol. The topological polar surface area (TPSA) is 70.2 Å². The first-order valence-electron chi connectivity index (χ1n) is 10.9. The fourth-order valence-electron chi connectivity index (χ4n) is 3.93. The Balaban J connectivity index is 1.44. The van der Waals surface area contributed by atoms with Gasteiger partial charge in [0.05, 0.1) is 29.2 Å². The fraction of sp³-hybridized carbons (Fsp3) is 0.320. The van der Waals surface area contributed by atoms with Crippen LogP contribution in [0.1, 0.15) is 29.9 Å². The molecule has 4 aromatic rings. The SMILES string of the molecule is Cc1ccc(-c2nc(CSc3nc4ccccc4c(=O)n3CC3CCCO3)c(C)o2)cc1. The molecule has 0 spiro atoms. The summed E-state index contributed by atoms with van der Waals surface area (Å²) >= 11 is 1.51. The number of thioether (sulfide) groups is 1. The summed E-state index contributed by atoms with van der Waals surface area (Å²) < 4.78 is 13.5. The molecule has 5 rings (SSSR count). The first kappa shape index (κ1) is 21.0. The van der Waals surface area contributed by atoms with E-state index in [1.807, 2.05) is 55.5 Å². The van der Waals surface area contributed by atoms with Gasteiger partial charge in [0.15, 0.2) is 5.16 Å². The van der Waals surface area contributed by atoms with Crippen molar-refractivity contribution in [3.63, 3.8) is 0 Å². The van der Waals surface area contributed by atoms with Gasteiger partial charge in [0.1, 0.15) is 5.76 Å². The van der Waals surface area contributed by atoms with Crippen molar-refractivity contribution in [2.45, 2.75) is 50.2 Å². The summed E-state index contributed by atoms with van der Waals surface area (Å²) in [5, 5.41) is 1.32. The van der Waals surface area contributed by atoms with Crippen molar-refractivity contribution in [2.24, 2.45) is 0 Å². The normalized spacial score (nSPS) is 16.1. The molecule has 7 heteroatoms. The number of hydrogen-bond donors (Lipinski definition) is 0. The maximum Gasteiger partial charge on any atom is 0.262 e. The number of nitrogens with zero attached hydrogens (tertiary/aromatic N) is 3. The monoisotopic (exact) mass is 447 g/mol. The second kappa shape index (κ2) is 8.92. The zero-order valence-electron chi connectivity index (χ0n) is 18.2. The number of benzene rings is 2. The van der Waals surface area contributed by atoms with Crippen molar-refractivity contribution < 1.29 is 9.15 Å². The first-order valence-corrected chi connectivity index (χ1v) is 11.8. The van der Waals surface area contributed by atoms with Crippen LogP contribution in [0.15, 0.2) is 62.9 Å². The number of aryl methyl sites for hydroxylation is 2. The third-order valence-corrected chi connectivity index (χ3v) is 6.75. The van der Waals surface area contributed by atoms with E-state index in [0.29, 0.717) is 34.2 Å². The number of oxazole rings is 1. The highest BCUT2D eigenvalue weighted by molar-refractivity contribution is 7.98. The van der Waals surface area contributed by atoms with Gasteiger partial charge < -0.3 is 9.15 Å². The van der Waals surface area contributed by atoms with Crippen molar-refractivity contribution in [1.82, 2.24) is 14.5 Å². The molecule has 6 nitrogen and oxygen atoms in total. The summed E-state index contributed by atoms with van der Waals surface area (Å²) in [7, 11) is 0. The van der Waals surface area contributed by atoms with E-state index >= 15 is 0 Å². The largest absolute Gasteiger partial charge is 0.441 e. The molecule has 32 heavy (non-hydrogen) atoms. The third-order valence-electron chi connectivity index (χ3n) is 5.77. The quantitative estimate of drug-likeness (QED) is 0.301. The van der Waals surface area contributed by atoms with Gasteiger partial charge in [-0.05, 0) is 51.0 Å². The second-order valence-corrected chi connectivity index (χ2v) is 9.08. The molecule has 1 fully saturated rings. The highest BCUT2D eigenvalue weighted by Gasteiger charge is 2.21. The predicted octanol–water partition coefficient (Wildman–Crippen LogP) is 5.14. The molecule has 0 aliphatic carbocycles. The molecular weight excluding hydrogens is 422 g/mol. The van der Waals surface area contributed by atoms with Crippen LogP contribution in [0.4, 0.5) is 0 Å². The Kier molecular flexibility index (Phi) is 5.85. The molecule has 0 N–H and O–H groups in total. The van der Waals surface area contributed by atoms with Crippen LogP contribution in [0, 0.1) is 13.8 Å². The Labute approximate surface area is 190 Å². The summed E-state index contributed by atoms with van der Waals surface area (Å²) in [6, 6.07) is 15.6. The molecule has 0 amide bonds. The number of aromatic nitrogens is 3. The highest BCUT2D eigenvalue weighted by atomic mass is 32.2. The lowest BCUT2D eigenvalue weighted by Crippen LogP contribution is -2.28. The van der Waals surface area contributed by atoms with Crippen LogP contribution in [-0.2, 0) is 17.0 Å².